The lowest BCUT2D eigenvalue weighted by molar-refractivity contribution is -0.383. The first-order chi connectivity index (χ1) is 10.1. The average Bonchev–Trinajstić information content (AvgIpc) is 2.99. The monoisotopic (exact) mass is 292 g/mol. The van der Waals surface area contributed by atoms with Gasteiger partial charge in [0.15, 0.2) is 5.76 Å². The van der Waals surface area contributed by atoms with Crippen LogP contribution < -0.4 is 16.2 Å². The number of nitrogens with one attached hydrogen (secondary N) is 3. The highest BCUT2D eigenvalue weighted by Crippen LogP contribution is 2.27. The number of nitro groups is 1. The van der Waals surface area contributed by atoms with Crippen LogP contribution in [0.3, 0.4) is 0 Å². The van der Waals surface area contributed by atoms with Crippen LogP contribution in [0.25, 0.3) is 0 Å². The van der Waals surface area contributed by atoms with E-state index in [0.29, 0.717) is 6.54 Å². The molecule has 2 aromatic rings. The molecule has 2 rings (SSSR count). The fourth-order valence-electron chi connectivity index (χ4n) is 1.53. The molecule has 0 atom stereocenters. The Labute approximate surface area is 118 Å². The number of carbonyl (C=O) groups excluding carboxylic acids is 1. The Morgan fingerprint density at radius 1 is 1.43 bits per heavy atom. The number of furan rings is 1. The van der Waals surface area contributed by atoms with Gasteiger partial charge in [-0.3, -0.25) is 25.8 Å². The Hall–Kier alpha value is -3.17. The van der Waals surface area contributed by atoms with Crippen LogP contribution in [-0.4, -0.2) is 27.3 Å². The third-order valence-corrected chi connectivity index (χ3v) is 2.39. The van der Waals surface area contributed by atoms with Crippen molar-refractivity contribution in [2.24, 2.45) is 0 Å². The first kappa shape index (κ1) is 14.2. The van der Waals surface area contributed by atoms with E-state index in [1.807, 2.05) is 0 Å². The molecular formula is C11H12N6O4. The maximum atomic E-state index is 11.7. The summed E-state index contributed by atoms with van der Waals surface area (Å²) >= 11 is 0. The van der Waals surface area contributed by atoms with E-state index in [4.69, 9.17) is 4.42 Å². The summed E-state index contributed by atoms with van der Waals surface area (Å²) in [5.74, 6) is -0.595. The zero-order valence-corrected chi connectivity index (χ0v) is 11.0. The molecule has 1 amide bonds. The molecule has 0 saturated carbocycles. The second-order valence-corrected chi connectivity index (χ2v) is 3.76. The average molecular weight is 292 g/mol. The van der Waals surface area contributed by atoms with Gasteiger partial charge in [0.25, 0.3) is 0 Å². The van der Waals surface area contributed by atoms with Crippen LogP contribution in [-0.2, 0) is 0 Å². The summed E-state index contributed by atoms with van der Waals surface area (Å²) in [4.78, 5) is 29.7. The van der Waals surface area contributed by atoms with E-state index in [-0.39, 0.29) is 23.1 Å². The Kier molecular flexibility index (Phi) is 4.29. The van der Waals surface area contributed by atoms with Crippen molar-refractivity contribution in [3.63, 3.8) is 0 Å². The molecule has 0 unspecified atom stereocenters. The summed E-state index contributed by atoms with van der Waals surface area (Å²) < 4.78 is 4.89. The van der Waals surface area contributed by atoms with Gasteiger partial charge in [0, 0.05) is 6.54 Å². The van der Waals surface area contributed by atoms with Crippen LogP contribution in [0.5, 0.6) is 0 Å². The third-order valence-electron chi connectivity index (χ3n) is 2.39. The highest BCUT2D eigenvalue weighted by molar-refractivity contribution is 5.92. The van der Waals surface area contributed by atoms with E-state index in [9.17, 15) is 14.9 Å². The van der Waals surface area contributed by atoms with E-state index in [0.717, 1.165) is 6.33 Å². The molecule has 0 aliphatic carbocycles. The fourth-order valence-corrected chi connectivity index (χ4v) is 1.53. The topological polar surface area (TPSA) is 135 Å². The molecule has 21 heavy (non-hydrogen) atoms. The lowest BCUT2D eigenvalue weighted by Crippen LogP contribution is -2.30. The van der Waals surface area contributed by atoms with Gasteiger partial charge in [0.2, 0.25) is 11.6 Å². The zero-order chi connectivity index (χ0) is 15.2. The number of hydrogen-bond acceptors (Lipinski definition) is 8. The Balaban J connectivity index is 2.17. The number of hydrazine groups is 1. The minimum Gasteiger partial charge on any atom is -0.459 e. The normalized spacial score (nSPS) is 9.95. The van der Waals surface area contributed by atoms with Gasteiger partial charge >= 0.3 is 11.6 Å². The zero-order valence-electron chi connectivity index (χ0n) is 11.0. The largest absolute Gasteiger partial charge is 0.459 e. The highest BCUT2D eigenvalue weighted by atomic mass is 16.6. The van der Waals surface area contributed by atoms with Gasteiger partial charge in [-0.1, -0.05) is 0 Å². The second-order valence-electron chi connectivity index (χ2n) is 3.76. The smallest absolute Gasteiger partial charge is 0.354 e. The van der Waals surface area contributed by atoms with Crippen molar-refractivity contribution in [2.45, 2.75) is 6.92 Å². The van der Waals surface area contributed by atoms with E-state index in [1.54, 1.807) is 13.0 Å². The second kappa shape index (κ2) is 6.32. The van der Waals surface area contributed by atoms with Crippen LogP contribution >= 0.6 is 0 Å². The summed E-state index contributed by atoms with van der Waals surface area (Å²) in [7, 11) is 0. The summed E-state index contributed by atoms with van der Waals surface area (Å²) in [6, 6.07) is 3.00. The molecule has 0 bridgehead atoms. The van der Waals surface area contributed by atoms with Gasteiger partial charge in [0.1, 0.15) is 6.33 Å². The van der Waals surface area contributed by atoms with Gasteiger partial charge in [-0.05, 0) is 19.1 Å². The SMILES string of the molecule is CCNc1ncnc(NNC(=O)c2ccco2)c1[N+](=O)[O-]. The predicted octanol–water partition coefficient (Wildman–Crippen LogP) is 1.17. The first-order valence-corrected chi connectivity index (χ1v) is 5.96. The first-order valence-electron chi connectivity index (χ1n) is 5.96. The quantitative estimate of drug-likeness (QED) is 0.533. The Bertz CT molecular complexity index is 642. The molecule has 0 aromatic carbocycles. The molecule has 10 nitrogen and oxygen atoms in total. The predicted molar refractivity (Wildman–Crippen MR) is 72.6 cm³/mol. The number of carbonyl (C=O) groups is 1. The van der Waals surface area contributed by atoms with Crippen molar-refractivity contribution in [2.75, 3.05) is 17.3 Å². The highest BCUT2D eigenvalue weighted by Gasteiger charge is 2.23. The lowest BCUT2D eigenvalue weighted by Gasteiger charge is -2.09. The molecule has 0 aliphatic heterocycles. The van der Waals surface area contributed by atoms with Gasteiger partial charge in [-0.2, -0.15) is 0 Å². The summed E-state index contributed by atoms with van der Waals surface area (Å²) in [6.45, 7) is 2.23. The van der Waals surface area contributed by atoms with Gasteiger partial charge in [0.05, 0.1) is 11.2 Å². The van der Waals surface area contributed by atoms with Crippen LogP contribution in [0, 0.1) is 10.1 Å². The minimum atomic E-state index is -0.640. The van der Waals surface area contributed by atoms with E-state index in [2.05, 4.69) is 26.1 Å². The van der Waals surface area contributed by atoms with Crippen LogP contribution in [0.15, 0.2) is 29.1 Å². The molecule has 2 aromatic heterocycles. The number of rotatable bonds is 6. The van der Waals surface area contributed by atoms with Crippen molar-refractivity contribution in [1.29, 1.82) is 0 Å². The molecule has 0 radical (unpaired) electrons. The number of nitrogens with zero attached hydrogens (tertiary/aromatic N) is 3. The van der Waals surface area contributed by atoms with E-state index in [1.165, 1.54) is 12.3 Å². The van der Waals surface area contributed by atoms with Gasteiger partial charge in [-0.25, -0.2) is 9.97 Å². The molecule has 0 spiro atoms. The number of anilines is 2. The standard InChI is InChI=1S/C11H12N6O4/c1-2-12-9-8(17(19)20)10(14-6-13-9)15-16-11(18)7-4-3-5-21-7/h3-6H,2H2,1H3,(H,16,18)(H2,12,13,14,15). The molecule has 110 valence electrons. The van der Waals surface area contributed by atoms with Crippen LogP contribution in [0.4, 0.5) is 17.3 Å². The van der Waals surface area contributed by atoms with Crippen LogP contribution in [0.2, 0.25) is 0 Å². The Morgan fingerprint density at radius 3 is 2.81 bits per heavy atom. The van der Waals surface area contributed by atoms with E-state index >= 15 is 0 Å². The van der Waals surface area contributed by atoms with E-state index < -0.39 is 10.8 Å². The van der Waals surface area contributed by atoms with Crippen LogP contribution in [0.1, 0.15) is 17.5 Å². The number of hydrogen-bond donors (Lipinski definition) is 3. The van der Waals surface area contributed by atoms with Crippen molar-refractivity contribution >= 4 is 23.2 Å². The molecule has 0 fully saturated rings. The van der Waals surface area contributed by atoms with Crippen molar-refractivity contribution in [1.82, 2.24) is 15.4 Å². The maximum absolute atomic E-state index is 11.7. The molecule has 3 N–H and O–H groups in total. The Morgan fingerprint density at radius 2 is 2.19 bits per heavy atom. The summed E-state index contributed by atoms with van der Waals surface area (Å²) in [5.41, 5.74) is 4.29. The van der Waals surface area contributed by atoms with Crippen molar-refractivity contribution in [3.05, 3.63) is 40.6 Å². The number of amides is 1. The van der Waals surface area contributed by atoms with Gasteiger partial charge in [-0.15, -0.1) is 0 Å². The summed E-state index contributed by atoms with van der Waals surface area (Å²) in [6.07, 6.45) is 2.48. The molecular weight excluding hydrogens is 280 g/mol. The van der Waals surface area contributed by atoms with Gasteiger partial charge < -0.3 is 9.73 Å². The fraction of sp³-hybridized carbons (Fsp3) is 0.182. The lowest BCUT2D eigenvalue weighted by atomic mass is 10.4. The molecule has 2 heterocycles. The number of aromatic nitrogens is 2. The molecule has 10 heteroatoms. The third kappa shape index (κ3) is 3.23. The summed E-state index contributed by atoms with van der Waals surface area (Å²) in [5, 5.41) is 13.9. The maximum Gasteiger partial charge on any atom is 0.354 e. The van der Waals surface area contributed by atoms with Crippen molar-refractivity contribution in [3.8, 4) is 0 Å². The van der Waals surface area contributed by atoms with Crippen molar-refractivity contribution < 1.29 is 14.1 Å². The molecule has 0 saturated heterocycles. The molecule has 0 aliphatic rings. The minimum absolute atomic E-state index is 0.0612.